The maximum Gasteiger partial charge on any atom is 0.242 e. The average Bonchev–Trinajstić information content (AvgIpc) is 2.94. The summed E-state index contributed by atoms with van der Waals surface area (Å²) in [5.74, 6) is 0.447. The van der Waals surface area contributed by atoms with Gasteiger partial charge < -0.3 is 9.73 Å². The van der Waals surface area contributed by atoms with E-state index in [9.17, 15) is 4.79 Å². The lowest BCUT2D eigenvalue weighted by Gasteiger charge is -2.12. The van der Waals surface area contributed by atoms with Crippen molar-refractivity contribution in [3.05, 3.63) is 35.6 Å². The van der Waals surface area contributed by atoms with Crippen molar-refractivity contribution < 1.29 is 9.21 Å². The van der Waals surface area contributed by atoms with Crippen LogP contribution in [-0.2, 0) is 17.6 Å². The van der Waals surface area contributed by atoms with Crippen molar-refractivity contribution in [3.8, 4) is 0 Å². The number of nitrogens with one attached hydrogen (secondary N) is 3. The molecule has 1 heterocycles. The predicted molar refractivity (Wildman–Crippen MR) is 101 cm³/mol. The van der Waals surface area contributed by atoms with Crippen LogP contribution in [0.3, 0.4) is 0 Å². The van der Waals surface area contributed by atoms with E-state index in [0.29, 0.717) is 11.0 Å². The van der Waals surface area contributed by atoms with Gasteiger partial charge in [-0.15, -0.1) is 0 Å². The number of fused-ring (bicyclic) bond motifs is 1. The molecule has 24 heavy (non-hydrogen) atoms. The van der Waals surface area contributed by atoms with Gasteiger partial charge in [0.15, 0.2) is 5.11 Å². The third-order valence-corrected chi connectivity index (χ3v) is 4.05. The van der Waals surface area contributed by atoms with Crippen LogP contribution in [0.15, 0.2) is 28.9 Å². The molecular formula is C18H25N3O2S. The quantitative estimate of drug-likeness (QED) is 0.553. The highest BCUT2D eigenvalue weighted by Gasteiger charge is 2.11. The lowest BCUT2D eigenvalue weighted by Crippen LogP contribution is -2.47. The molecule has 0 fully saturated rings. The lowest BCUT2D eigenvalue weighted by atomic mass is 10.1. The second-order valence-electron chi connectivity index (χ2n) is 6.23. The number of hydrogen-bond acceptors (Lipinski definition) is 3. The predicted octanol–water partition coefficient (Wildman–Crippen LogP) is 3.08. The molecule has 1 amide bonds. The number of amides is 1. The largest absolute Gasteiger partial charge is 0.464 e. The number of benzene rings is 1. The first-order chi connectivity index (χ1) is 11.5. The van der Waals surface area contributed by atoms with Gasteiger partial charge in [0.1, 0.15) is 5.58 Å². The molecule has 1 aromatic heterocycles. The minimum atomic E-state index is -0.162. The maximum atomic E-state index is 12.1. The number of carbonyl (C=O) groups excluding carboxylic acids is 1. The monoisotopic (exact) mass is 347 g/mol. The Morgan fingerprint density at radius 2 is 2.08 bits per heavy atom. The standard InChI is InChI=1S/C18H25N3O2S/c1-4-13-5-6-15-14(11-23-16(15)9-13)10-17(22)20-21-18(24)19-8-7-12(2)3/h5-6,9,11-12H,4,7-8,10H2,1-3H3,(H,20,22)(H2,19,21,24). The van der Waals surface area contributed by atoms with Gasteiger partial charge >= 0.3 is 0 Å². The molecule has 0 saturated heterocycles. The summed E-state index contributed by atoms with van der Waals surface area (Å²) in [5.41, 5.74) is 8.23. The van der Waals surface area contributed by atoms with Gasteiger partial charge in [-0.3, -0.25) is 15.6 Å². The summed E-state index contributed by atoms with van der Waals surface area (Å²) in [6.45, 7) is 7.19. The van der Waals surface area contributed by atoms with Gasteiger partial charge in [-0.1, -0.05) is 32.9 Å². The highest BCUT2D eigenvalue weighted by Crippen LogP contribution is 2.23. The number of hydrazine groups is 1. The minimum absolute atomic E-state index is 0.162. The minimum Gasteiger partial charge on any atom is -0.464 e. The van der Waals surface area contributed by atoms with E-state index in [0.717, 1.165) is 35.9 Å². The van der Waals surface area contributed by atoms with Crippen LogP contribution in [0, 0.1) is 5.92 Å². The molecule has 0 aliphatic heterocycles. The molecule has 5 nitrogen and oxygen atoms in total. The molecule has 0 bridgehead atoms. The Hall–Kier alpha value is -2.08. The fraction of sp³-hybridized carbons (Fsp3) is 0.444. The van der Waals surface area contributed by atoms with Crippen LogP contribution in [0.4, 0.5) is 0 Å². The molecule has 0 unspecified atom stereocenters. The fourth-order valence-electron chi connectivity index (χ4n) is 2.35. The Labute approximate surface area is 148 Å². The van der Waals surface area contributed by atoms with E-state index in [-0.39, 0.29) is 12.3 Å². The second kappa shape index (κ2) is 8.68. The molecule has 0 atom stereocenters. The van der Waals surface area contributed by atoms with Gasteiger partial charge in [0, 0.05) is 17.5 Å². The van der Waals surface area contributed by atoms with Gasteiger partial charge in [0.2, 0.25) is 5.91 Å². The van der Waals surface area contributed by atoms with E-state index in [1.807, 2.05) is 12.1 Å². The number of rotatable bonds is 6. The molecular weight excluding hydrogens is 322 g/mol. The van der Waals surface area contributed by atoms with Crippen molar-refractivity contribution in [1.29, 1.82) is 0 Å². The first-order valence-corrected chi connectivity index (χ1v) is 8.72. The number of furan rings is 1. The Kier molecular flexibility index (Phi) is 6.61. The zero-order valence-corrected chi connectivity index (χ0v) is 15.3. The maximum absolute atomic E-state index is 12.1. The summed E-state index contributed by atoms with van der Waals surface area (Å²) in [6, 6.07) is 6.08. The number of thiocarbonyl (C=S) groups is 1. The van der Waals surface area contributed by atoms with Crippen LogP contribution in [0.5, 0.6) is 0 Å². The van der Waals surface area contributed by atoms with Gasteiger partial charge in [-0.25, -0.2) is 0 Å². The third-order valence-electron chi connectivity index (χ3n) is 3.80. The molecule has 1 aromatic carbocycles. The summed E-state index contributed by atoms with van der Waals surface area (Å²) in [4.78, 5) is 12.1. The Balaban J connectivity index is 1.83. The van der Waals surface area contributed by atoms with Crippen LogP contribution in [0.1, 0.15) is 38.3 Å². The first-order valence-electron chi connectivity index (χ1n) is 8.31. The van der Waals surface area contributed by atoms with E-state index in [1.54, 1.807) is 6.26 Å². The Bertz CT molecular complexity index is 709. The molecule has 3 N–H and O–H groups in total. The van der Waals surface area contributed by atoms with Crippen LogP contribution in [0.2, 0.25) is 0 Å². The van der Waals surface area contributed by atoms with Crippen molar-refractivity contribution >= 4 is 34.2 Å². The van der Waals surface area contributed by atoms with Crippen molar-refractivity contribution in [2.24, 2.45) is 5.92 Å². The van der Waals surface area contributed by atoms with Gasteiger partial charge in [0.05, 0.1) is 12.7 Å². The molecule has 2 aromatic rings. The SMILES string of the molecule is CCc1ccc2c(CC(=O)NNC(=S)NCCC(C)C)coc2c1. The molecule has 130 valence electrons. The summed E-state index contributed by atoms with van der Waals surface area (Å²) in [7, 11) is 0. The van der Waals surface area contributed by atoms with E-state index in [1.165, 1.54) is 5.56 Å². The molecule has 0 saturated carbocycles. The van der Waals surface area contributed by atoms with E-state index < -0.39 is 0 Å². The van der Waals surface area contributed by atoms with E-state index in [2.05, 4.69) is 43.0 Å². The van der Waals surface area contributed by atoms with Crippen LogP contribution in [-0.4, -0.2) is 17.6 Å². The van der Waals surface area contributed by atoms with E-state index >= 15 is 0 Å². The first kappa shape index (κ1) is 18.3. The zero-order valence-electron chi connectivity index (χ0n) is 14.4. The third kappa shape index (κ3) is 5.23. The summed E-state index contributed by atoms with van der Waals surface area (Å²) in [5, 5.41) is 4.45. The second-order valence-corrected chi connectivity index (χ2v) is 6.64. The topological polar surface area (TPSA) is 66.3 Å². The number of aryl methyl sites for hydroxylation is 1. The van der Waals surface area contributed by atoms with Crippen molar-refractivity contribution in [3.63, 3.8) is 0 Å². The van der Waals surface area contributed by atoms with Gasteiger partial charge in [-0.2, -0.15) is 0 Å². The van der Waals surface area contributed by atoms with Gasteiger partial charge in [0.25, 0.3) is 0 Å². The van der Waals surface area contributed by atoms with Gasteiger partial charge in [-0.05, 0) is 42.6 Å². The van der Waals surface area contributed by atoms with Crippen LogP contribution >= 0.6 is 12.2 Å². The number of carbonyl (C=O) groups is 1. The molecule has 0 radical (unpaired) electrons. The van der Waals surface area contributed by atoms with Crippen molar-refractivity contribution in [2.75, 3.05) is 6.54 Å². The van der Waals surface area contributed by atoms with Crippen molar-refractivity contribution in [2.45, 2.75) is 40.0 Å². The van der Waals surface area contributed by atoms with Crippen molar-refractivity contribution in [1.82, 2.24) is 16.2 Å². The Morgan fingerprint density at radius 1 is 1.29 bits per heavy atom. The highest BCUT2D eigenvalue weighted by molar-refractivity contribution is 7.80. The zero-order chi connectivity index (χ0) is 17.5. The summed E-state index contributed by atoms with van der Waals surface area (Å²) < 4.78 is 5.55. The average molecular weight is 347 g/mol. The Morgan fingerprint density at radius 3 is 2.79 bits per heavy atom. The highest BCUT2D eigenvalue weighted by atomic mass is 32.1. The smallest absolute Gasteiger partial charge is 0.242 e. The molecule has 0 spiro atoms. The molecule has 0 aliphatic rings. The lowest BCUT2D eigenvalue weighted by molar-refractivity contribution is -0.121. The number of hydrogen-bond donors (Lipinski definition) is 3. The normalized spacial score (nSPS) is 10.8. The fourth-order valence-corrected chi connectivity index (χ4v) is 2.50. The molecule has 6 heteroatoms. The van der Waals surface area contributed by atoms with E-state index in [4.69, 9.17) is 16.6 Å². The summed E-state index contributed by atoms with van der Waals surface area (Å²) >= 11 is 5.12. The van der Waals surface area contributed by atoms with Crippen LogP contribution in [0.25, 0.3) is 11.0 Å². The molecule has 0 aliphatic carbocycles. The van der Waals surface area contributed by atoms with Crippen LogP contribution < -0.4 is 16.2 Å². The molecule has 2 rings (SSSR count). The summed E-state index contributed by atoms with van der Waals surface area (Å²) in [6.07, 6.45) is 3.86.